The Morgan fingerprint density at radius 2 is 2.62 bits per heavy atom. The molecule has 0 amide bonds. The lowest BCUT2D eigenvalue weighted by molar-refractivity contribution is 0.380. The van der Waals surface area contributed by atoms with Crippen LogP contribution < -0.4 is 0 Å². The highest BCUT2D eigenvalue weighted by Gasteiger charge is 1.95. The summed E-state index contributed by atoms with van der Waals surface area (Å²) in [6.07, 6.45) is 1.91. The molecule has 0 aliphatic rings. The molecule has 0 bridgehead atoms. The minimum absolute atomic E-state index is 0.456. The van der Waals surface area contributed by atoms with Gasteiger partial charge >= 0.3 is 0 Å². The Balaban J connectivity index is 2.50. The Hall–Kier alpha value is -0.580. The van der Waals surface area contributed by atoms with Crippen LogP contribution in [0.3, 0.4) is 0 Å². The van der Waals surface area contributed by atoms with Crippen molar-refractivity contribution in [2.24, 2.45) is 0 Å². The van der Waals surface area contributed by atoms with Crippen LogP contribution in [-0.4, -0.2) is 21.8 Å². The van der Waals surface area contributed by atoms with Crippen molar-refractivity contribution in [3.63, 3.8) is 0 Å². The van der Waals surface area contributed by atoms with Crippen LogP contribution in [0.1, 0.15) is 5.89 Å². The highest BCUT2D eigenvalue weighted by atomic mass is 32.2. The average molecular weight is 130 g/mol. The lowest BCUT2D eigenvalue weighted by atomic mass is 10.8. The summed E-state index contributed by atoms with van der Waals surface area (Å²) in [7, 11) is 0. The molecule has 0 spiro atoms. The Morgan fingerprint density at radius 3 is 3.12 bits per heavy atom. The topological polar surface area (TPSA) is 51.8 Å². The molecule has 1 aromatic rings. The number of hydrogen-bond donors (Lipinski definition) is 0. The standard InChI is InChI=1S/C3H4N3OS/c1-8-2-3-4-5-6-7-3/h2H,1H3. The molecule has 0 fully saturated rings. The van der Waals surface area contributed by atoms with E-state index in [1.54, 1.807) is 5.75 Å². The Morgan fingerprint density at radius 1 is 1.75 bits per heavy atom. The van der Waals surface area contributed by atoms with Crippen LogP contribution in [0.5, 0.6) is 0 Å². The van der Waals surface area contributed by atoms with Crippen LogP contribution >= 0.6 is 11.8 Å². The molecular weight excluding hydrogens is 126 g/mol. The van der Waals surface area contributed by atoms with E-state index in [-0.39, 0.29) is 0 Å². The van der Waals surface area contributed by atoms with Gasteiger partial charge in [0.2, 0.25) is 0 Å². The lowest BCUT2D eigenvalue weighted by Crippen LogP contribution is -1.74. The zero-order chi connectivity index (χ0) is 5.82. The number of nitrogens with zero attached hydrogens (tertiary/aromatic N) is 3. The molecule has 1 aromatic heterocycles. The largest absolute Gasteiger partial charge is 0.319 e. The first-order valence-corrected chi connectivity index (χ1v) is 3.23. The number of hydrogen-bond acceptors (Lipinski definition) is 5. The molecule has 0 saturated carbocycles. The van der Waals surface area contributed by atoms with Gasteiger partial charge in [-0.05, 0) is 11.5 Å². The van der Waals surface area contributed by atoms with Crippen molar-refractivity contribution >= 4 is 11.8 Å². The molecule has 0 saturated heterocycles. The summed E-state index contributed by atoms with van der Waals surface area (Å²) in [5, 5.41) is 9.89. The van der Waals surface area contributed by atoms with Crippen molar-refractivity contribution in [3.05, 3.63) is 11.6 Å². The van der Waals surface area contributed by atoms with E-state index in [1.165, 1.54) is 11.8 Å². The highest BCUT2D eigenvalue weighted by Crippen LogP contribution is 2.04. The van der Waals surface area contributed by atoms with E-state index in [9.17, 15) is 0 Å². The maximum Gasteiger partial charge on any atom is 0.262 e. The van der Waals surface area contributed by atoms with Gasteiger partial charge in [-0.1, -0.05) is 5.10 Å². The Bertz CT molecular complexity index is 140. The Labute approximate surface area is 50.6 Å². The van der Waals surface area contributed by atoms with E-state index in [4.69, 9.17) is 0 Å². The second kappa shape index (κ2) is 2.66. The van der Waals surface area contributed by atoms with E-state index in [0.717, 1.165) is 0 Å². The SMILES string of the molecule is CS[CH]c1nnno1. The van der Waals surface area contributed by atoms with Crippen molar-refractivity contribution in [2.45, 2.75) is 0 Å². The van der Waals surface area contributed by atoms with Crippen LogP contribution in [-0.2, 0) is 0 Å². The second-order valence-electron chi connectivity index (χ2n) is 1.05. The van der Waals surface area contributed by atoms with E-state index in [2.05, 4.69) is 20.1 Å². The summed E-state index contributed by atoms with van der Waals surface area (Å²) in [6, 6.07) is 0. The quantitative estimate of drug-likeness (QED) is 0.577. The van der Waals surface area contributed by atoms with Crippen LogP contribution in [0.4, 0.5) is 0 Å². The fraction of sp³-hybridized carbons (Fsp3) is 0.333. The predicted molar refractivity (Wildman–Crippen MR) is 29.0 cm³/mol. The molecule has 1 heterocycles. The zero-order valence-corrected chi connectivity index (χ0v) is 5.05. The smallest absolute Gasteiger partial charge is 0.262 e. The van der Waals surface area contributed by atoms with Gasteiger partial charge < -0.3 is 4.52 Å². The van der Waals surface area contributed by atoms with Crippen molar-refractivity contribution in [2.75, 3.05) is 6.26 Å². The summed E-state index contributed by atoms with van der Waals surface area (Å²) in [5.41, 5.74) is 0. The average Bonchev–Trinajstić information content (AvgIpc) is 2.19. The molecule has 0 N–H and O–H groups in total. The monoisotopic (exact) mass is 130 g/mol. The van der Waals surface area contributed by atoms with E-state index in [1.807, 2.05) is 6.26 Å². The van der Waals surface area contributed by atoms with Gasteiger partial charge in [-0.2, -0.15) is 11.8 Å². The third-order valence-corrected chi connectivity index (χ3v) is 0.970. The van der Waals surface area contributed by atoms with Crippen molar-refractivity contribution in [1.82, 2.24) is 15.6 Å². The van der Waals surface area contributed by atoms with Gasteiger partial charge in [0.15, 0.2) is 0 Å². The fourth-order valence-corrected chi connectivity index (χ4v) is 0.578. The van der Waals surface area contributed by atoms with E-state index in [0.29, 0.717) is 5.89 Å². The molecule has 8 heavy (non-hydrogen) atoms. The first-order valence-electron chi connectivity index (χ1n) is 1.94. The summed E-state index contributed by atoms with van der Waals surface area (Å²) in [6.45, 7) is 0. The van der Waals surface area contributed by atoms with Gasteiger partial charge in [0.25, 0.3) is 5.89 Å². The second-order valence-corrected chi connectivity index (χ2v) is 1.76. The van der Waals surface area contributed by atoms with Gasteiger partial charge in [0.05, 0.1) is 5.27 Å². The third kappa shape index (κ3) is 1.19. The maximum absolute atomic E-state index is 4.53. The number of thioether (sulfide) groups is 1. The minimum Gasteiger partial charge on any atom is -0.319 e. The number of rotatable bonds is 2. The molecule has 0 aromatic carbocycles. The minimum atomic E-state index is 0.456. The first kappa shape index (κ1) is 5.55. The molecule has 43 valence electrons. The van der Waals surface area contributed by atoms with Crippen LogP contribution in [0.15, 0.2) is 4.52 Å². The van der Waals surface area contributed by atoms with Gasteiger partial charge in [-0.3, -0.25) is 0 Å². The molecular formula is C3H4N3OS. The lowest BCUT2D eigenvalue weighted by Gasteiger charge is -1.79. The van der Waals surface area contributed by atoms with E-state index < -0.39 is 0 Å². The summed E-state index contributed by atoms with van der Waals surface area (Å²) < 4.78 is 4.53. The van der Waals surface area contributed by atoms with Gasteiger partial charge in [-0.25, -0.2) is 0 Å². The molecule has 0 aliphatic heterocycles. The summed E-state index contributed by atoms with van der Waals surface area (Å²) in [4.78, 5) is 0. The van der Waals surface area contributed by atoms with Crippen LogP contribution in [0.2, 0.25) is 0 Å². The molecule has 0 aliphatic carbocycles. The van der Waals surface area contributed by atoms with Crippen LogP contribution in [0.25, 0.3) is 0 Å². The normalized spacial score (nSPS) is 9.62. The van der Waals surface area contributed by atoms with Crippen LogP contribution in [0, 0.1) is 5.75 Å². The van der Waals surface area contributed by atoms with Crippen molar-refractivity contribution < 1.29 is 4.52 Å². The highest BCUT2D eigenvalue weighted by molar-refractivity contribution is 8.00. The van der Waals surface area contributed by atoms with Crippen molar-refractivity contribution in [1.29, 1.82) is 0 Å². The van der Waals surface area contributed by atoms with Crippen molar-refractivity contribution in [3.8, 4) is 0 Å². The summed E-state index contributed by atoms with van der Waals surface area (Å²) >= 11 is 1.50. The Kier molecular flexibility index (Phi) is 1.85. The number of aromatic nitrogens is 3. The molecule has 1 radical (unpaired) electrons. The zero-order valence-electron chi connectivity index (χ0n) is 4.24. The molecule has 0 unspecified atom stereocenters. The van der Waals surface area contributed by atoms with Gasteiger partial charge in [0, 0.05) is 0 Å². The molecule has 0 atom stereocenters. The predicted octanol–water partition coefficient (Wildman–Crippen LogP) is 0.337. The van der Waals surface area contributed by atoms with Gasteiger partial charge in [0.1, 0.15) is 5.75 Å². The molecule has 1 rings (SSSR count). The van der Waals surface area contributed by atoms with E-state index >= 15 is 0 Å². The maximum atomic E-state index is 4.53. The third-order valence-electron chi connectivity index (χ3n) is 0.533. The first-order chi connectivity index (χ1) is 3.93. The summed E-state index contributed by atoms with van der Waals surface area (Å²) in [5.74, 6) is 2.18. The van der Waals surface area contributed by atoms with Gasteiger partial charge in [-0.15, -0.1) is 0 Å². The fourth-order valence-electron chi connectivity index (χ4n) is 0.287. The molecule has 4 nitrogen and oxygen atoms in total. The molecule has 5 heteroatoms.